The fourth-order valence-corrected chi connectivity index (χ4v) is 2.52. The Labute approximate surface area is 112 Å². The van der Waals surface area contributed by atoms with E-state index in [0.717, 1.165) is 13.0 Å². The molecule has 1 heterocycles. The molecule has 0 aliphatic rings. The van der Waals surface area contributed by atoms with E-state index in [1.807, 2.05) is 12.3 Å². The lowest BCUT2D eigenvalue weighted by molar-refractivity contribution is 0.355. The Morgan fingerprint density at radius 1 is 1.22 bits per heavy atom. The van der Waals surface area contributed by atoms with Crippen LogP contribution in [-0.4, -0.2) is 11.5 Å². The van der Waals surface area contributed by atoms with Gasteiger partial charge in [0, 0.05) is 6.20 Å². The summed E-state index contributed by atoms with van der Waals surface area (Å²) in [5.74, 6) is 0.641. The van der Waals surface area contributed by atoms with Gasteiger partial charge in [0.05, 0.1) is 11.7 Å². The predicted octanol–water partition coefficient (Wildman–Crippen LogP) is 4.12. The van der Waals surface area contributed by atoms with Gasteiger partial charge >= 0.3 is 0 Å². The quantitative estimate of drug-likeness (QED) is 0.748. The van der Waals surface area contributed by atoms with Crippen molar-refractivity contribution in [1.82, 2.24) is 10.3 Å². The molecule has 1 rings (SSSR count). The van der Waals surface area contributed by atoms with Crippen molar-refractivity contribution >= 4 is 0 Å². The molecule has 0 radical (unpaired) electrons. The number of nitrogens with zero attached hydrogens (tertiary/aromatic N) is 1. The van der Waals surface area contributed by atoms with Gasteiger partial charge in [-0.25, -0.2) is 0 Å². The van der Waals surface area contributed by atoms with Gasteiger partial charge in [-0.3, -0.25) is 4.98 Å². The van der Waals surface area contributed by atoms with Gasteiger partial charge in [0.2, 0.25) is 0 Å². The van der Waals surface area contributed by atoms with Gasteiger partial charge in [-0.15, -0.1) is 0 Å². The van der Waals surface area contributed by atoms with Crippen molar-refractivity contribution in [2.24, 2.45) is 5.92 Å². The lowest BCUT2D eigenvalue weighted by Crippen LogP contribution is -2.29. The molecule has 0 saturated carbocycles. The van der Waals surface area contributed by atoms with E-state index in [0.29, 0.717) is 12.0 Å². The van der Waals surface area contributed by atoms with E-state index in [1.54, 1.807) is 0 Å². The standard InChI is InChI=1S/C16H28N2/c1-5-9-13(4)15(17-11-6-2)16-14(7-3)10-8-12-18-16/h8,10,12-13,15,17H,5-7,9,11H2,1-4H3. The van der Waals surface area contributed by atoms with Crippen LogP contribution in [0.1, 0.15) is 64.3 Å². The van der Waals surface area contributed by atoms with E-state index in [1.165, 1.54) is 30.5 Å². The average molecular weight is 248 g/mol. The molecule has 0 spiro atoms. The molecule has 2 nitrogen and oxygen atoms in total. The minimum absolute atomic E-state index is 0.404. The Morgan fingerprint density at radius 3 is 2.61 bits per heavy atom. The zero-order chi connectivity index (χ0) is 13.4. The van der Waals surface area contributed by atoms with Crippen molar-refractivity contribution < 1.29 is 0 Å². The minimum Gasteiger partial charge on any atom is -0.308 e. The number of nitrogens with one attached hydrogen (secondary N) is 1. The molecule has 0 aliphatic heterocycles. The summed E-state index contributed by atoms with van der Waals surface area (Å²) in [6.45, 7) is 10.1. The number of aryl methyl sites for hydroxylation is 1. The van der Waals surface area contributed by atoms with E-state index in [9.17, 15) is 0 Å². The van der Waals surface area contributed by atoms with E-state index in [4.69, 9.17) is 0 Å². The average Bonchev–Trinajstić information content (AvgIpc) is 2.40. The van der Waals surface area contributed by atoms with Crippen LogP contribution in [0.5, 0.6) is 0 Å². The number of rotatable bonds is 8. The highest BCUT2D eigenvalue weighted by Crippen LogP contribution is 2.26. The van der Waals surface area contributed by atoms with Gasteiger partial charge in [0.1, 0.15) is 0 Å². The molecule has 0 bridgehead atoms. The Balaban J connectivity index is 2.92. The predicted molar refractivity (Wildman–Crippen MR) is 78.7 cm³/mol. The molecule has 0 saturated heterocycles. The SMILES string of the molecule is CCCNC(c1ncccc1CC)C(C)CCC. The molecule has 0 aromatic carbocycles. The second kappa shape index (κ2) is 8.25. The fraction of sp³-hybridized carbons (Fsp3) is 0.688. The van der Waals surface area contributed by atoms with Gasteiger partial charge in [-0.1, -0.05) is 40.2 Å². The summed E-state index contributed by atoms with van der Waals surface area (Å²) in [7, 11) is 0. The Morgan fingerprint density at radius 2 is 2.00 bits per heavy atom. The van der Waals surface area contributed by atoms with Gasteiger partial charge in [0.15, 0.2) is 0 Å². The molecule has 0 amide bonds. The van der Waals surface area contributed by atoms with Crippen molar-refractivity contribution in [3.63, 3.8) is 0 Å². The van der Waals surface area contributed by atoms with Crippen LogP contribution in [0.3, 0.4) is 0 Å². The third-order valence-corrected chi connectivity index (χ3v) is 3.53. The topological polar surface area (TPSA) is 24.9 Å². The molecular weight excluding hydrogens is 220 g/mol. The van der Waals surface area contributed by atoms with Crippen LogP contribution in [0.2, 0.25) is 0 Å². The molecule has 0 fully saturated rings. The van der Waals surface area contributed by atoms with Crippen molar-refractivity contribution in [2.75, 3.05) is 6.54 Å². The summed E-state index contributed by atoms with van der Waals surface area (Å²) >= 11 is 0. The largest absolute Gasteiger partial charge is 0.308 e. The molecule has 102 valence electrons. The van der Waals surface area contributed by atoms with E-state index >= 15 is 0 Å². The number of hydrogen-bond acceptors (Lipinski definition) is 2. The molecular formula is C16H28N2. The highest BCUT2D eigenvalue weighted by atomic mass is 14.9. The highest BCUT2D eigenvalue weighted by molar-refractivity contribution is 5.23. The smallest absolute Gasteiger partial charge is 0.0607 e. The normalized spacial score (nSPS) is 14.4. The van der Waals surface area contributed by atoms with E-state index < -0.39 is 0 Å². The zero-order valence-electron chi connectivity index (χ0n) is 12.4. The molecule has 1 N–H and O–H groups in total. The van der Waals surface area contributed by atoms with Gasteiger partial charge in [0.25, 0.3) is 0 Å². The lowest BCUT2D eigenvalue weighted by Gasteiger charge is -2.26. The Bertz CT molecular complexity index is 336. The molecule has 1 aromatic rings. The monoisotopic (exact) mass is 248 g/mol. The van der Waals surface area contributed by atoms with Crippen molar-refractivity contribution in [2.45, 2.75) is 59.4 Å². The van der Waals surface area contributed by atoms with Crippen LogP contribution in [0, 0.1) is 5.92 Å². The fourth-order valence-electron chi connectivity index (χ4n) is 2.52. The molecule has 18 heavy (non-hydrogen) atoms. The summed E-state index contributed by atoms with van der Waals surface area (Å²) in [6.07, 6.45) is 6.64. The summed E-state index contributed by atoms with van der Waals surface area (Å²) < 4.78 is 0. The maximum atomic E-state index is 4.64. The van der Waals surface area contributed by atoms with E-state index in [-0.39, 0.29) is 0 Å². The van der Waals surface area contributed by atoms with E-state index in [2.05, 4.69) is 44.1 Å². The Hall–Kier alpha value is -0.890. The second-order valence-corrected chi connectivity index (χ2v) is 5.10. The summed E-state index contributed by atoms with van der Waals surface area (Å²) in [5.41, 5.74) is 2.64. The van der Waals surface area contributed by atoms with Crippen molar-refractivity contribution in [3.8, 4) is 0 Å². The number of pyridine rings is 1. The third-order valence-electron chi connectivity index (χ3n) is 3.53. The molecule has 0 aliphatic carbocycles. The summed E-state index contributed by atoms with van der Waals surface area (Å²) in [5, 5.41) is 3.68. The number of hydrogen-bond donors (Lipinski definition) is 1. The van der Waals surface area contributed by atoms with Crippen LogP contribution in [0.4, 0.5) is 0 Å². The van der Waals surface area contributed by atoms with Crippen LogP contribution in [0.15, 0.2) is 18.3 Å². The van der Waals surface area contributed by atoms with Gasteiger partial charge in [-0.05, 0) is 43.4 Å². The maximum absolute atomic E-state index is 4.64. The zero-order valence-corrected chi connectivity index (χ0v) is 12.4. The van der Waals surface area contributed by atoms with Gasteiger partial charge < -0.3 is 5.32 Å². The first kappa shape index (κ1) is 15.2. The highest BCUT2D eigenvalue weighted by Gasteiger charge is 2.21. The first-order chi connectivity index (χ1) is 8.74. The molecule has 2 unspecified atom stereocenters. The first-order valence-electron chi connectivity index (χ1n) is 7.41. The van der Waals surface area contributed by atoms with Crippen molar-refractivity contribution in [1.29, 1.82) is 0 Å². The third kappa shape index (κ3) is 4.09. The summed E-state index contributed by atoms with van der Waals surface area (Å²) in [6, 6.07) is 4.66. The van der Waals surface area contributed by atoms with Crippen LogP contribution in [0.25, 0.3) is 0 Å². The first-order valence-corrected chi connectivity index (χ1v) is 7.41. The second-order valence-electron chi connectivity index (χ2n) is 5.10. The lowest BCUT2D eigenvalue weighted by atomic mass is 9.91. The van der Waals surface area contributed by atoms with Crippen molar-refractivity contribution in [3.05, 3.63) is 29.6 Å². The Kier molecular flexibility index (Phi) is 6.96. The summed E-state index contributed by atoms with van der Waals surface area (Å²) in [4.78, 5) is 4.64. The van der Waals surface area contributed by atoms with Crippen LogP contribution < -0.4 is 5.32 Å². The van der Waals surface area contributed by atoms with Gasteiger partial charge in [-0.2, -0.15) is 0 Å². The van der Waals surface area contributed by atoms with Crippen LogP contribution in [-0.2, 0) is 6.42 Å². The maximum Gasteiger partial charge on any atom is 0.0607 e. The molecule has 2 heteroatoms. The molecule has 2 atom stereocenters. The minimum atomic E-state index is 0.404. The molecule has 1 aromatic heterocycles. The van der Waals surface area contributed by atoms with Crippen LogP contribution >= 0.6 is 0 Å². The number of aromatic nitrogens is 1.